The number of fused-ring (bicyclic) bond motifs is 1. The van der Waals surface area contributed by atoms with Crippen LogP contribution in [0.1, 0.15) is 11.6 Å². The second kappa shape index (κ2) is 2.30. The molecule has 0 atom stereocenters. The van der Waals surface area contributed by atoms with Gasteiger partial charge in [-0.2, -0.15) is 0 Å². The minimum absolute atomic E-state index is 0.939. The number of hydrogen-bond acceptors (Lipinski definition) is 3. The normalized spacial score (nSPS) is 18.4. The summed E-state index contributed by atoms with van der Waals surface area (Å²) in [5.41, 5.74) is 0. The van der Waals surface area contributed by atoms with Crippen LogP contribution in [0.5, 0.6) is 0 Å². The number of rotatable bonds is 0. The van der Waals surface area contributed by atoms with Crippen LogP contribution in [0.2, 0.25) is 0 Å². The van der Waals surface area contributed by atoms with E-state index in [1.54, 1.807) is 0 Å². The Kier molecular flexibility index (Phi) is 1.42. The molecule has 0 fully saturated rings. The molecule has 0 radical (unpaired) electrons. The maximum absolute atomic E-state index is 4.08. The SMILES string of the molecule is Cc1nnc2n1CN(C)CC2. The van der Waals surface area contributed by atoms with Crippen molar-refractivity contribution in [3.63, 3.8) is 0 Å². The van der Waals surface area contributed by atoms with Gasteiger partial charge in [0.15, 0.2) is 0 Å². The van der Waals surface area contributed by atoms with E-state index in [0.29, 0.717) is 0 Å². The Morgan fingerprint density at radius 2 is 2.18 bits per heavy atom. The highest BCUT2D eigenvalue weighted by Crippen LogP contribution is 2.08. The van der Waals surface area contributed by atoms with Gasteiger partial charge in [-0.1, -0.05) is 0 Å². The van der Waals surface area contributed by atoms with Crippen LogP contribution in [0.3, 0.4) is 0 Å². The van der Waals surface area contributed by atoms with E-state index in [9.17, 15) is 0 Å². The molecule has 4 nitrogen and oxygen atoms in total. The summed E-state index contributed by atoms with van der Waals surface area (Å²) >= 11 is 0. The van der Waals surface area contributed by atoms with E-state index in [2.05, 4.69) is 26.7 Å². The van der Waals surface area contributed by atoms with Crippen molar-refractivity contribution >= 4 is 0 Å². The molecule has 2 heterocycles. The summed E-state index contributed by atoms with van der Waals surface area (Å²) in [7, 11) is 2.11. The zero-order valence-electron chi connectivity index (χ0n) is 6.91. The van der Waals surface area contributed by atoms with Crippen molar-refractivity contribution in [2.24, 2.45) is 0 Å². The summed E-state index contributed by atoms with van der Waals surface area (Å²) < 4.78 is 2.16. The monoisotopic (exact) mass is 152 g/mol. The summed E-state index contributed by atoms with van der Waals surface area (Å²) in [5.74, 6) is 2.15. The Balaban J connectivity index is 2.37. The lowest BCUT2D eigenvalue weighted by atomic mass is 10.3. The number of hydrogen-bond donors (Lipinski definition) is 0. The predicted molar refractivity (Wildman–Crippen MR) is 41.1 cm³/mol. The van der Waals surface area contributed by atoms with Gasteiger partial charge in [0.05, 0.1) is 6.67 Å². The van der Waals surface area contributed by atoms with Crippen molar-refractivity contribution in [1.82, 2.24) is 19.7 Å². The van der Waals surface area contributed by atoms with Gasteiger partial charge in [-0.25, -0.2) is 0 Å². The number of nitrogens with zero attached hydrogens (tertiary/aromatic N) is 4. The maximum Gasteiger partial charge on any atom is 0.135 e. The molecule has 0 bridgehead atoms. The van der Waals surface area contributed by atoms with E-state index in [1.807, 2.05) is 6.92 Å². The first-order valence-electron chi connectivity index (χ1n) is 3.84. The summed E-state index contributed by atoms with van der Waals surface area (Å²) in [4.78, 5) is 2.27. The molecule has 0 aliphatic carbocycles. The van der Waals surface area contributed by atoms with Crippen LogP contribution in [0.4, 0.5) is 0 Å². The van der Waals surface area contributed by atoms with Crippen LogP contribution in [0, 0.1) is 6.92 Å². The molecular formula is C7H12N4. The highest BCUT2D eigenvalue weighted by molar-refractivity contribution is 4.96. The molecule has 0 amide bonds. The van der Waals surface area contributed by atoms with Gasteiger partial charge in [0.25, 0.3) is 0 Å². The van der Waals surface area contributed by atoms with Crippen molar-refractivity contribution in [1.29, 1.82) is 0 Å². The first kappa shape index (κ1) is 6.79. The molecule has 11 heavy (non-hydrogen) atoms. The van der Waals surface area contributed by atoms with E-state index in [-0.39, 0.29) is 0 Å². The molecule has 0 spiro atoms. The molecule has 2 rings (SSSR count). The average molecular weight is 152 g/mol. The lowest BCUT2D eigenvalue weighted by molar-refractivity contribution is 0.235. The van der Waals surface area contributed by atoms with Crippen molar-refractivity contribution in [2.45, 2.75) is 20.0 Å². The second-order valence-electron chi connectivity index (χ2n) is 3.06. The Labute approximate surface area is 65.8 Å². The lowest BCUT2D eigenvalue weighted by Gasteiger charge is -2.23. The van der Waals surface area contributed by atoms with Crippen molar-refractivity contribution in [2.75, 3.05) is 13.6 Å². The molecule has 4 heteroatoms. The molecule has 0 saturated heterocycles. The zero-order valence-corrected chi connectivity index (χ0v) is 6.91. The summed E-state index contributed by atoms with van der Waals surface area (Å²) in [6, 6.07) is 0. The highest BCUT2D eigenvalue weighted by Gasteiger charge is 2.15. The van der Waals surface area contributed by atoms with E-state index in [4.69, 9.17) is 0 Å². The standard InChI is InChI=1S/C7H12N4/c1-6-8-9-7-3-4-10(2)5-11(6)7/h3-5H2,1-2H3. The number of aryl methyl sites for hydroxylation is 1. The third kappa shape index (κ3) is 1.03. The molecule has 1 aromatic rings. The zero-order chi connectivity index (χ0) is 7.84. The molecular weight excluding hydrogens is 140 g/mol. The number of likely N-dealkylation sites (N-methyl/N-ethyl adjacent to an activating group) is 1. The van der Waals surface area contributed by atoms with E-state index in [1.165, 1.54) is 0 Å². The molecule has 1 aromatic heterocycles. The first-order valence-corrected chi connectivity index (χ1v) is 3.84. The second-order valence-corrected chi connectivity index (χ2v) is 3.06. The van der Waals surface area contributed by atoms with Gasteiger partial charge >= 0.3 is 0 Å². The third-order valence-corrected chi connectivity index (χ3v) is 2.11. The van der Waals surface area contributed by atoms with Crippen LogP contribution >= 0.6 is 0 Å². The summed E-state index contributed by atoms with van der Waals surface area (Å²) in [6.07, 6.45) is 1.03. The van der Waals surface area contributed by atoms with Crippen LogP contribution < -0.4 is 0 Å². The van der Waals surface area contributed by atoms with Gasteiger partial charge in [-0.15, -0.1) is 10.2 Å². The van der Waals surface area contributed by atoms with Gasteiger partial charge in [-0.3, -0.25) is 4.90 Å². The third-order valence-electron chi connectivity index (χ3n) is 2.11. The molecule has 0 aromatic carbocycles. The lowest BCUT2D eigenvalue weighted by Crippen LogP contribution is -2.31. The van der Waals surface area contributed by atoms with Gasteiger partial charge in [0.2, 0.25) is 0 Å². The Morgan fingerprint density at radius 3 is 3.00 bits per heavy atom. The van der Waals surface area contributed by atoms with Crippen molar-refractivity contribution in [3.8, 4) is 0 Å². The fourth-order valence-electron chi connectivity index (χ4n) is 1.40. The maximum atomic E-state index is 4.08. The van der Waals surface area contributed by atoms with E-state index >= 15 is 0 Å². The minimum atomic E-state index is 0.939. The largest absolute Gasteiger partial charge is 0.301 e. The fourth-order valence-corrected chi connectivity index (χ4v) is 1.40. The number of aromatic nitrogens is 3. The molecule has 1 aliphatic heterocycles. The van der Waals surface area contributed by atoms with Crippen molar-refractivity contribution < 1.29 is 0 Å². The predicted octanol–water partition coefficient (Wildman–Crippen LogP) is 0.0319. The Hall–Kier alpha value is -0.900. The molecule has 60 valence electrons. The molecule has 0 saturated carbocycles. The molecule has 0 N–H and O–H groups in total. The molecule has 0 unspecified atom stereocenters. The summed E-state index contributed by atoms with van der Waals surface area (Å²) in [6.45, 7) is 4.03. The molecule has 1 aliphatic rings. The Morgan fingerprint density at radius 1 is 1.36 bits per heavy atom. The average Bonchev–Trinajstić information content (AvgIpc) is 2.33. The highest BCUT2D eigenvalue weighted by atomic mass is 15.4. The van der Waals surface area contributed by atoms with Crippen LogP contribution in [-0.2, 0) is 13.1 Å². The minimum Gasteiger partial charge on any atom is -0.301 e. The topological polar surface area (TPSA) is 34.0 Å². The van der Waals surface area contributed by atoms with Gasteiger partial charge in [0.1, 0.15) is 11.6 Å². The van der Waals surface area contributed by atoms with Crippen molar-refractivity contribution in [3.05, 3.63) is 11.6 Å². The summed E-state index contributed by atoms with van der Waals surface area (Å²) in [5, 5.41) is 8.10. The van der Waals surface area contributed by atoms with Gasteiger partial charge < -0.3 is 4.57 Å². The van der Waals surface area contributed by atoms with Gasteiger partial charge in [-0.05, 0) is 14.0 Å². The fraction of sp³-hybridized carbons (Fsp3) is 0.714. The van der Waals surface area contributed by atoms with E-state index < -0.39 is 0 Å². The van der Waals surface area contributed by atoms with Crippen LogP contribution in [0.15, 0.2) is 0 Å². The van der Waals surface area contributed by atoms with Gasteiger partial charge in [0, 0.05) is 13.0 Å². The van der Waals surface area contributed by atoms with Crippen LogP contribution in [-0.4, -0.2) is 33.3 Å². The Bertz CT molecular complexity index is 265. The quantitative estimate of drug-likeness (QED) is 0.526. The smallest absolute Gasteiger partial charge is 0.135 e. The van der Waals surface area contributed by atoms with Crippen LogP contribution in [0.25, 0.3) is 0 Å². The van der Waals surface area contributed by atoms with E-state index in [0.717, 1.165) is 31.3 Å². The first-order chi connectivity index (χ1) is 5.27.